The molecule has 2 atom stereocenters. The zero-order valence-corrected chi connectivity index (χ0v) is 13.4. The van der Waals surface area contributed by atoms with Gasteiger partial charge in [-0.15, -0.1) is 0 Å². The van der Waals surface area contributed by atoms with E-state index in [4.69, 9.17) is 15.4 Å². The largest absolute Gasteiger partial charge is 0.381 e. The summed E-state index contributed by atoms with van der Waals surface area (Å²) in [7, 11) is 1.37. The summed E-state index contributed by atoms with van der Waals surface area (Å²) in [6.07, 6.45) is 1.25. The van der Waals surface area contributed by atoms with Gasteiger partial charge in [0.1, 0.15) is 4.90 Å². The first kappa shape index (κ1) is 16.3. The van der Waals surface area contributed by atoms with E-state index in [9.17, 15) is 13.2 Å². The number of hydrogen-bond acceptors (Lipinski definition) is 5. The molecule has 1 saturated heterocycles. The molecule has 2 rings (SSSR count). The van der Waals surface area contributed by atoms with Crippen molar-refractivity contribution < 1.29 is 17.9 Å². The Kier molecular flexibility index (Phi) is 4.90. The molecule has 0 aliphatic carbocycles. The van der Waals surface area contributed by atoms with Gasteiger partial charge >= 0.3 is 0 Å². The van der Waals surface area contributed by atoms with E-state index in [1.807, 2.05) is 6.92 Å². The van der Waals surface area contributed by atoms with E-state index in [-0.39, 0.29) is 22.5 Å². The molecule has 2 N–H and O–H groups in total. The second-order valence-electron chi connectivity index (χ2n) is 5.06. The number of H-pyrrole nitrogens is 1. The number of aromatic amines is 1. The molecule has 1 aromatic rings. The van der Waals surface area contributed by atoms with Gasteiger partial charge in [-0.1, -0.05) is 6.92 Å². The van der Waals surface area contributed by atoms with E-state index in [0.29, 0.717) is 25.3 Å². The van der Waals surface area contributed by atoms with Crippen molar-refractivity contribution in [1.82, 2.24) is 15.5 Å². The number of carbonyl (C=O) groups is 1. The van der Waals surface area contributed by atoms with Gasteiger partial charge in [0, 0.05) is 29.2 Å². The highest BCUT2D eigenvalue weighted by molar-refractivity contribution is 8.13. The first-order chi connectivity index (χ1) is 9.84. The van der Waals surface area contributed by atoms with E-state index in [2.05, 4.69) is 15.5 Å². The zero-order valence-electron chi connectivity index (χ0n) is 11.8. The lowest BCUT2D eigenvalue weighted by Crippen LogP contribution is -2.39. The molecule has 0 saturated carbocycles. The summed E-state index contributed by atoms with van der Waals surface area (Å²) in [4.78, 5) is 12.0. The monoisotopic (exact) mass is 335 g/mol. The van der Waals surface area contributed by atoms with Gasteiger partial charge in [-0.2, -0.15) is 5.10 Å². The van der Waals surface area contributed by atoms with Crippen LogP contribution in [0.5, 0.6) is 0 Å². The van der Waals surface area contributed by atoms with Gasteiger partial charge in [0.2, 0.25) is 0 Å². The van der Waals surface area contributed by atoms with Crippen molar-refractivity contribution in [3.8, 4) is 0 Å². The summed E-state index contributed by atoms with van der Waals surface area (Å²) in [6, 6.07) is -0.132. The third-order valence-corrected chi connectivity index (χ3v) is 5.03. The summed E-state index contributed by atoms with van der Waals surface area (Å²) in [5.41, 5.74) is 0.139. The molecule has 1 aromatic heterocycles. The Morgan fingerprint density at radius 2 is 2.33 bits per heavy atom. The average Bonchev–Trinajstić information content (AvgIpc) is 3.06. The van der Waals surface area contributed by atoms with Crippen molar-refractivity contribution in [3.63, 3.8) is 0 Å². The van der Waals surface area contributed by atoms with Crippen LogP contribution in [0.15, 0.2) is 4.90 Å². The number of aryl methyl sites for hydroxylation is 1. The Morgan fingerprint density at radius 3 is 2.86 bits per heavy atom. The van der Waals surface area contributed by atoms with Crippen LogP contribution in [0.3, 0.4) is 0 Å². The molecule has 21 heavy (non-hydrogen) atoms. The van der Waals surface area contributed by atoms with Crippen LogP contribution < -0.4 is 5.32 Å². The fourth-order valence-corrected chi connectivity index (χ4v) is 3.72. The quantitative estimate of drug-likeness (QED) is 0.783. The van der Waals surface area contributed by atoms with Gasteiger partial charge in [0.15, 0.2) is 5.69 Å². The second-order valence-corrected chi connectivity index (χ2v) is 7.56. The number of hydrogen-bond donors (Lipinski definition) is 2. The fraction of sp³-hybridized carbons (Fsp3) is 0.667. The highest BCUT2D eigenvalue weighted by Gasteiger charge is 2.30. The van der Waals surface area contributed by atoms with E-state index in [1.165, 1.54) is 0 Å². The molecule has 7 nitrogen and oxygen atoms in total. The summed E-state index contributed by atoms with van der Waals surface area (Å²) in [5, 5.41) is 9.12. The minimum Gasteiger partial charge on any atom is -0.381 e. The zero-order chi connectivity index (χ0) is 15.6. The number of ether oxygens (including phenoxy) is 1. The molecule has 0 spiro atoms. The van der Waals surface area contributed by atoms with Crippen molar-refractivity contribution in [3.05, 3.63) is 11.4 Å². The van der Waals surface area contributed by atoms with Crippen LogP contribution in [0.25, 0.3) is 0 Å². The van der Waals surface area contributed by atoms with Gasteiger partial charge in [-0.3, -0.25) is 9.89 Å². The maximum absolute atomic E-state index is 12.3. The van der Waals surface area contributed by atoms with Gasteiger partial charge in [0.25, 0.3) is 15.0 Å². The lowest BCUT2D eigenvalue weighted by molar-refractivity contribution is 0.0913. The van der Waals surface area contributed by atoms with E-state index in [0.717, 1.165) is 6.42 Å². The highest BCUT2D eigenvalue weighted by Crippen LogP contribution is 2.23. The second kappa shape index (κ2) is 6.33. The van der Waals surface area contributed by atoms with Crippen LogP contribution in [0.2, 0.25) is 0 Å². The molecule has 0 aromatic carbocycles. The van der Waals surface area contributed by atoms with Gasteiger partial charge in [0.05, 0.1) is 12.3 Å². The number of carbonyl (C=O) groups excluding carboxylic acids is 1. The summed E-state index contributed by atoms with van der Waals surface area (Å²) in [6.45, 7) is 4.87. The van der Waals surface area contributed by atoms with Crippen molar-refractivity contribution >= 4 is 25.6 Å². The molecule has 0 bridgehead atoms. The summed E-state index contributed by atoms with van der Waals surface area (Å²) in [5.74, 6) is -0.334. The fourth-order valence-electron chi connectivity index (χ4n) is 2.36. The van der Waals surface area contributed by atoms with Crippen LogP contribution in [0, 0.1) is 5.92 Å². The van der Waals surface area contributed by atoms with Gasteiger partial charge in [-0.05, 0) is 19.8 Å². The standard InChI is InChI=1S/C12H18ClN3O4S/c1-3-9-11(21(13,18)19)10(16-15-9)12(17)14-7(2)8-4-5-20-6-8/h7-8H,3-6H2,1-2H3,(H,14,17)(H,15,16). The molecule has 0 radical (unpaired) electrons. The number of nitrogens with one attached hydrogen (secondary N) is 2. The van der Waals surface area contributed by atoms with Crippen LogP contribution in [0.1, 0.15) is 36.5 Å². The molecule has 1 amide bonds. The highest BCUT2D eigenvalue weighted by atomic mass is 35.7. The van der Waals surface area contributed by atoms with Gasteiger partial charge in [-0.25, -0.2) is 8.42 Å². The predicted octanol–water partition coefficient (Wildman–Crippen LogP) is 1.05. The Balaban J connectivity index is 2.21. The maximum Gasteiger partial charge on any atom is 0.273 e. The molecule has 1 aliphatic rings. The predicted molar refractivity (Wildman–Crippen MR) is 76.9 cm³/mol. The van der Waals surface area contributed by atoms with Crippen molar-refractivity contribution in [2.24, 2.45) is 5.92 Å². The maximum atomic E-state index is 12.3. The SMILES string of the molecule is CCc1[nH]nc(C(=O)NC(C)C2CCOC2)c1S(=O)(=O)Cl. The Labute approximate surface area is 127 Å². The summed E-state index contributed by atoms with van der Waals surface area (Å²) >= 11 is 0. The molecule has 1 aliphatic heterocycles. The average molecular weight is 336 g/mol. The topological polar surface area (TPSA) is 101 Å². The summed E-state index contributed by atoms with van der Waals surface area (Å²) < 4.78 is 28.6. The van der Waals surface area contributed by atoms with E-state index in [1.54, 1.807) is 6.92 Å². The number of rotatable bonds is 5. The normalized spacial score (nSPS) is 20.4. The smallest absolute Gasteiger partial charge is 0.273 e. The molecule has 118 valence electrons. The molecular formula is C12H18ClN3O4S. The van der Waals surface area contributed by atoms with Crippen LogP contribution >= 0.6 is 10.7 Å². The van der Waals surface area contributed by atoms with Crippen molar-refractivity contribution in [1.29, 1.82) is 0 Å². The number of halogens is 1. The van der Waals surface area contributed by atoms with Crippen molar-refractivity contribution in [2.75, 3.05) is 13.2 Å². The van der Waals surface area contributed by atoms with Crippen LogP contribution in [0.4, 0.5) is 0 Å². The third kappa shape index (κ3) is 3.56. The molecule has 9 heteroatoms. The lowest BCUT2D eigenvalue weighted by atomic mass is 10.0. The minimum absolute atomic E-state index is 0.132. The Bertz CT molecular complexity index is 622. The molecular weight excluding hydrogens is 318 g/mol. The number of nitrogens with zero attached hydrogens (tertiary/aromatic N) is 1. The number of aromatic nitrogens is 2. The van der Waals surface area contributed by atoms with E-state index < -0.39 is 15.0 Å². The minimum atomic E-state index is -4.04. The molecule has 2 heterocycles. The molecule has 1 fully saturated rings. The Morgan fingerprint density at radius 1 is 1.62 bits per heavy atom. The van der Waals surface area contributed by atoms with E-state index >= 15 is 0 Å². The first-order valence-electron chi connectivity index (χ1n) is 6.75. The van der Waals surface area contributed by atoms with Crippen LogP contribution in [-0.2, 0) is 20.2 Å². The number of amides is 1. The van der Waals surface area contributed by atoms with Crippen LogP contribution in [-0.4, -0.2) is 43.8 Å². The van der Waals surface area contributed by atoms with Crippen molar-refractivity contribution in [2.45, 2.75) is 37.6 Å². The molecule has 2 unspecified atom stereocenters. The van der Waals surface area contributed by atoms with Gasteiger partial charge < -0.3 is 10.1 Å². The third-order valence-electron chi connectivity index (χ3n) is 3.64. The Hall–Kier alpha value is -1.12. The first-order valence-corrected chi connectivity index (χ1v) is 9.06. The lowest BCUT2D eigenvalue weighted by Gasteiger charge is -2.18.